The van der Waals surface area contributed by atoms with Crippen molar-refractivity contribution in [3.8, 4) is 23.0 Å². The van der Waals surface area contributed by atoms with Crippen LogP contribution in [0, 0.1) is 17.8 Å². The van der Waals surface area contributed by atoms with Crippen LogP contribution >= 0.6 is 0 Å². The topological polar surface area (TPSA) is 127 Å². The van der Waals surface area contributed by atoms with Gasteiger partial charge in [-0.05, 0) is 63.5 Å². The van der Waals surface area contributed by atoms with Gasteiger partial charge in [0, 0.05) is 41.2 Å². The summed E-state index contributed by atoms with van der Waals surface area (Å²) in [5.74, 6) is 6.73. The van der Waals surface area contributed by atoms with Crippen molar-refractivity contribution >= 4 is 23.2 Å². The van der Waals surface area contributed by atoms with E-state index in [-0.39, 0.29) is 35.5 Å². The lowest BCUT2D eigenvalue weighted by Crippen LogP contribution is -2.47. The lowest BCUT2D eigenvalue weighted by molar-refractivity contribution is -0.138. The molecule has 2 aliphatic heterocycles. The van der Waals surface area contributed by atoms with Crippen LogP contribution in [-0.4, -0.2) is 60.0 Å². The minimum absolute atomic E-state index is 0.0163. The molecule has 3 N–H and O–H groups in total. The van der Waals surface area contributed by atoms with Crippen molar-refractivity contribution in [2.24, 2.45) is 5.92 Å². The Labute approximate surface area is 208 Å². The molecule has 3 aromatic rings. The number of fused-ring (bicyclic) bond motifs is 3. The van der Waals surface area contributed by atoms with Crippen LogP contribution in [0.3, 0.4) is 0 Å². The molecule has 3 atom stereocenters. The maximum absolute atomic E-state index is 12.7. The van der Waals surface area contributed by atoms with E-state index in [2.05, 4.69) is 21.9 Å². The first-order chi connectivity index (χ1) is 17.4. The van der Waals surface area contributed by atoms with Crippen LogP contribution in [0.1, 0.15) is 73.1 Å². The largest absolute Gasteiger partial charge is 0.387 e. The minimum atomic E-state index is -0.480. The molecule has 2 bridgehead atoms. The van der Waals surface area contributed by atoms with Gasteiger partial charge in [0.25, 0.3) is 0 Å². The lowest BCUT2D eigenvalue weighted by atomic mass is 9.85. The first-order valence-corrected chi connectivity index (χ1v) is 12.5. The molecule has 1 aliphatic carbocycles. The highest BCUT2D eigenvalue weighted by molar-refractivity contribution is 6.00. The van der Waals surface area contributed by atoms with Gasteiger partial charge < -0.3 is 15.7 Å². The number of pyridine rings is 1. The number of amides is 1. The number of nitrogen functional groups attached to an aromatic ring is 1. The zero-order chi connectivity index (χ0) is 25.0. The van der Waals surface area contributed by atoms with Crippen LogP contribution in [0.15, 0.2) is 24.5 Å². The smallest absolute Gasteiger partial charge is 0.248 e. The second-order valence-corrected chi connectivity index (χ2v) is 10.1. The third-order valence-electron chi connectivity index (χ3n) is 7.66. The summed E-state index contributed by atoms with van der Waals surface area (Å²) >= 11 is 0. The fraction of sp³-hybridized carbons (Fsp3) is 0.444. The molecule has 2 saturated heterocycles. The highest BCUT2D eigenvalue weighted by atomic mass is 16.3. The van der Waals surface area contributed by atoms with Crippen molar-refractivity contribution in [3.05, 3.63) is 41.5 Å². The Morgan fingerprint density at radius 1 is 1.14 bits per heavy atom. The molecule has 9 heteroatoms. The van der Waals surface area contributed by atoms with E-state index < -0.39 is 6.61 Å². The SMILES string of the molecule is CC(=O)c1c(C2C[C@H]3CC[C@@H](C2)N3C(=O)CO)nc2c(-c3ccc(C#CC4CC4)nc3)cnn2c1N. The first kappa shape index (κ1) is 22.7. The van der Waals surface area contributed by atoms with Gasteiger partial charge in [-0.15, -0.1) is 0 Å². The average molecular weight is 485 g/mol. The molecule has 1 saturated carbocycles. The zero-order valence-electron chi connectivity index (χ0n) is 20.1. The predicted octanol–water partition coefficient (Wildman–Crippen LogP) is 2.57. The van der Waals surface area contributed by atoms with E-state index in [9.17, 15) is 14.7 Å². The summed E-state index contributed by atoms with van der Waals surface area (Å²) in [6, 6.07) is 3.92. The molecular weight excluding hydrogens is 456 g/mol. The van der Waals surface area contributed by atoms with E-state index >= 15 is 0 Å². The number of aromatic nitrogens is 4. The van der Waals surface area contributed by atoms with Gasteiger partial charge in [-0.2, -0.15) is 9.61 Å². The number of carbonyl (C=O) groups is 2. The number of piperidine rings is 1. The summed E-state index contributed by atoms with van der Waals surface area (Å²) in [5.41, 5.74) is 10.5. The number of rotatable bonds is 4. The molecule has 3 aromatic heterocycles. The van der Waals surface area contributed by atoms with Gasteiger partial charge in [0.1, 0.15) is 18.1 Å². The standard InChI is InChI=1S/C27H28N6O3/c1-15(35)24-25(18-10-20-8-9-21(11-18)32(20)23(36)14-34)31-27-22(13-30-33(27)26(24)28)17-5-7-19(29-12-17)6-4-16-2-3-16/h5,7,12-13,16,18,20-21,34H,2-3,8-11,14,28H2,1H3/t18?,20-,21+. The molecule has 3 fully saturated rings. The minimum Gasteiger partial charge on any atom is -0.387 e. The molecule has 6 rings (SSSR count). The van der Waals surface area contributed by atoms with E-state index in [1.54, 1.807) is 12.4 Å². The summed E-state index contributed by atoms with van der Waals surface area (Å²) in [4.78, 5) is 36.3. The molecule has 1 unspecified atom stereocenters. The van der Waals surface area contributed by atoms with Crippen molar-refractivity contribution in [2.75, 3.05) is 12.3 Å². The van der Waals surface area contributed by atoms with Gasteiger partial charge in [-0.3, -0.25) is 9.59 Å². The number of aliphatic hydroxyl groups is 1. The molecule has 0 radical (unpaired) electrons. The average Bonchev–Trinajstić information content (AvgIpc) is 3.55. The predicted molar refractivity (Wildman–Crippen MR) is 133 cm³/mol. The van der Waals surface area contributed by atoms with Crippen LogP contribution in [0.4, 0.5) is 5.82 Å². The number of hydrogen-bond acceptors (Lipinski definition) is 7. The molecule has 36 heavy (non-hydrogen) atoms. The fourth-order valence-corrected chi connectivity index (χ4v) is 5.81. The number of carbonyl (C=O) groups excluding carboxylic acids is 2. The maximum atomic E-state index is 12.7. The van der Waals surface area contributed by atoms with Crippen molar-refractivity contribution in [1.29, 1.82) is 0 Å². The third-order valence-corrected chi connectivity index (χ3v) is 7.66. The molecule has 1 amide bonds. The van der Waals surface area contributed by atoms with Crippen LogP contribution in [-0.2, 0) is 4.79 Å². The van der Waals surface area contributed by atoms with Gasteiger partial charge in [-0.1, -0.05) is 5.92 Å². The Balaban J connectivity index is 1.39. The maximum Gasteiger partial charge on any atom is 0.248 e. The number of aliphatic hydroxyl groups excluding tert-OH is 1. The highest BCUT2D eigenvalue weighted by Gasteiger charge is 2.44. The molecule has 3 aliphatic rings. The van der Waals surface area contributed by atoms with Crippen molar-refractivity contribution in [2.45, 2.75) is 63.5 Å². The molecule has 0 spiro atoms. The van der Waals surface area contributed by atoms with Gasteiger partial charge in [0.05, 0.1) is 17.5 Å². The Bertz CT molecular complexity index is 1420. The third kappa shape index (κ3) is 3.82. The molecular formula is C27H28N6O3. The van der Waals surface area contributed by atoms with Crippen LogP contribution in [0.25, 0.3) is 16.8 Å². The summed E-state index contributed by atoms with van der Waals surface area (Å²) in [5, 5.41) is 13.9. The number of nitrogens with zero attached hydrogens (tertiary/aromatic N) is 5. The Morgan fingerprint density at radius 3 is 2.50 bits per heavy atom. The fourth-order valence-electron chi connectivity index (χ4n) is 5.81. The Kier molecular flexibility index (Phi) is 5.49. The van der Waals surface area contributed by atoms with Crippen molar-refractivity contribution in [3.63, 3.8) is 0 Å². The van der Waals surface area contributed by atoms with Crippen LogP contribution < -0.4 is 5.73 Å². The zero-order valence-corrected chi connectivity index (χ0v) is 20.1. The number of anilines is 1. The van der Waals surface area contributed by atoms with Crippen LogP contribution in [0.2, 0.25) is 0 Å². The van der Waals surface area contributed by atoms with Gasteiger partial charge >= 0.3 is 0 Å². The molecule has 9 nitrogen and oxygen atoms in total. The van der Waals surface area contributed by atoms with Gasteiger partial charge in [-0.25, -0.2) is 9.97 Å². The Hall–Kier alpha value is -3.77. The number of Topliss-reactive ketones (excluding diaryl/α,β-unsaturated/α-hetero) is 1. The number of hydrogen-bond donors (Lipinski definition) is 2. The van der Waals surface area contributed by atoms with E-state index in [0.717, 1.165) is 29.7 Å². The number of ketones is 1. The second-order valence-electron chi connectivity index (χ2n) is 10.1. The van der Waals surface area contributed by atoms with E-state index in [0.29, 0.717) is 35.7 Å². The summed E-state index contributed by atoms with van der Waals surface area (Å²) in [7, 11) is 0. The monoisotopic (exact) mass is 484 g/mol. The molecule has 5 heterocycles. The second kappa shape index (κ2) is 8.71. The molecule has 0 aromatic carbocycles. The van der Waals surface area contributed by atoms with E-state index in [1.807, 2.05) is 17.0 Å². The summed E-state index contributed by atoms with van der Waals surface area (Å²) < 4.78 is 1.52. The van der Waals surface area contributed by atoms with Crippen molar-refractivity contribution < 1.29 is 14.7 Å². The normalized spacial score (nSPS) is 22.9. The lowest BCUT2D eigenvalue weighted by Gasteiger charge is -2.39. The van der Waals surface area contributed by atoms with E-state index in [1.165, 1.54) is 24.3 Å². The van der Waals surface area contributed by atoms with E-state index in [4.69, 9.17) is 10.7 Å². The van der Waals surface area contributed by atoms with Gasteiger partial charge in [0.15, 0.2) is 11.4 Å². The summed E-state index contributed by atoms with van der Waals surface area (Å²) in [6.45, 7) is 1.02. The quantitative estimate of drug-likeness (QED) is 0.430. The van der Waals surface area contributed by atoms with Crippen LogP contribution in [0.5, 0.6) is 0 Å². The summed E-state index contributed by atoms with van der Waals surface area (Å²) in [6.07, 6.45) is 8.95. The van der Waals surface area contributed by atoms with Crippen molar-refractivity contribution in [1.82, 2.24) is 24.5 Å². The molecule has 184 valence electrons. The first-order valence-electron chi connectivity index (χ1n) is 12.5. The Morgan fingerprint density at radius 2 is 1.89 bits per heavy atom. The van der Waals surface area contributed by atoms with Gasteiger partial charge in [0.2, 0.25) is 5.91 Å². The highest BCUT2D eigenvalue weighted by Crippen LogP contribution is 2.44. The number of nitrogens with two attached hydrogens (primary N) is 1.